The Morgan fingerprint density at radius 2 is 1.89 bits per heavy atom. The minimum absolute atomic E-state index is 0.252. The molecule has 0 atom stereocenters. The van der Waals surface area contributed by atoms with Crippen LogP contribution in [0.1, 0.15) is 23.7 Å². The first kappa shape index (κ1) is 15.5. The van der Waals surface area contributed by atoms with Crippen molar-refractivity contribution in [2.24, 2.45) is 0 Å². The van der Waals surface area contributed by atoms with Gasteiger partial charge in [0.1, 0.15) is 6.42 Å². The lowest BCUT2D eigenvalue weighted by molar-refractivity contribution is -0.141. The number of carbonyl (C=O) groups excluding carboxylic acids is 2. The average molecular weight is 331 g/mol. The summed E-state index contributed by atoms with van der Waals surface area (Å²) >= 11 is 3.29. The summed E-state index contributed by atoms with van der Waals surface area (Å²) in [6, 6.07) is 3.12. The lowest BCUT2D eigenvalue weighted by Crippen LogP contribution is -2.11. The molecule has 0 N–H and O–H groups in total. The minimum Gasteiger partial charge on any atom is -0.493 e. The molecule has 19 heavy (non-hydrogen) atoms. The molecule has 0 aliphatic carbocycles. The van der Waals surface area contributed by atoms with Crippen molar-refractivity contribution in [3.8, 4) is 11.5 Å². The Kier molecular flexibility index (Phi) is 5.82. The highest BCUT2D eigenvalue weighted by atomic mass is 79.9. The van der Waals surface area contributed by atoms with Gasteiger partial charge in [0.2, 0.25) is 0 Å². The standard InChI is InChI=1S/C13H15BrO5/c1-4-19-12(16)7-10(15)8-5-9(14)13(18-3)11(6-8)17-2/h5-6H,4,7H2,1-3H3. The van der Waals surface area contributed by atoms with E-state index in [-0.39, 0.29) is 18.8 Å². The van der Waals surface area contributed by atoms with Crippen molar-refractivity contribution in [3.05, 3.63) is 22.2 Å². The summed E-state index contributed by atoms with van der Waals surface area (Å²) in [5, 5.41) is 0. The molecular formula is C13H15BrO5. The number of hydrogen-bond acceptors (Lipinski definition) is 5. The predicted octanol–water partition coefficient (Wildman–Crippen LogP) is 2.60. The number of hydrogen-bond donors (Lipinski definition) is 0. The van der Waals surface area contributed by atoms with Crippen LogP contribution in [0.3, 0.4) is 0 Å². The molecule has 0 radical (unpaired) electrons. The van der Waals surface area contributed by atoms with Crippen LogP contribution in [0.2, 0.25) is 0 Å². The molecule has 104 valence electrons. The monoisotopic (exact) mass is 330 g/mol. The lowest BCUT2D eigenvalue weighted by atomic mass is 10.1. The van der Waals surface area contributed by atoms with E-state index < -0.39 is 5.97 Å². The average Bonchev–Trinajstić information content (AvgIpc) is 2.37. The Morgan fingerprint density at radius 1 is 1.21 bits per heavy atom. The Morgan fingerprint density at radius 3 is 2.42 bits per heavy atom. The van der Waals surface area contributed by atoms with Crippen LogP contribution in [0.5, 0.6) is 11.5 Å². The molecule has 5 nitrogen and oxygen atoms in total. The molecule has 0 aromatic heterocycles. The van der Waals surface area contributed by atoms with Crippen LogP contribution in [-0.2, 0) is 9.53 Å². The highest BCUT2D eigenvalue weighted by Gasteiger charge is 2.17. The molecule has 0 unspecified atom stereocenters. The highest BCUT2D eigenvalue weighted by molar-refractivity contribution is 9.10. The van der Waals surface area contributed by atoms with Crippen molar-refractivity contribution in [2.45, 2.75) is 13.3 Å². The van der Waals surface area contributed by atoms with Crippen molar-refractivity contribution in [1.29, 1.82) is 0 Å². The number of ether oxygens (including phenoxy) is 3. The second-order valence-corrected chi connectivity index (χ2v) is 4.45. The number of ketones is 1. The van der Waals surface area contributed by atoms with Gasteiger partial charge in [-0.2, -0.15) is 0 Å². The highest BCUT2D eigenvalue weighted by Crippen LogP contribution is 2.36. The lowest BCUT2D eigenvalue weighted by Gasteiger charge is -2.11. The second kappa shape index (κ2) is 7.13. The van der Waals surface area contributed by atoms with Gasteiger partial charge in [-0.05, 0) is 35.0 Å². The molecule has 0 aliphatic rings. The third-order valence-corrected chi connectivity index (χ3v) is 2.95. The predicted molar refractivity (Wildman–Crippen MR) is 72.8 cm³/mol. The normalized spacial score (nSPS) is 9.89. The van der Waals surface area contributed by atoms with Gasteiger partial charge in [0.05, 0.1) is 25.3 Å². The van der Waals surface area contributed by atoms with Gasteiger partial charge in [0.15, 0.2) is 17.3 Å². The minimum atomic E-state index is -0.543. The second-order valence-electron chi connectivity index (χ2n) is 3.60. The summed E-state index contributed by atoms with van der Waals surface area (Å²) < 4.78 is 15.6. The van der Waals surface area contributed by atoms with E-state index in [1.165, 1.54) is 20.3 Å². The molecule has 0 saturated carbocycles. The Bertz CT molecular complexity index is 484. The number of benzene rings is 1. The van der Waals surface area contributed by atoms with Crippen molar-refractivity contribution >= 4 is 27.7 Å². The van der Waals surface area contributed by atoms with Crippen LogP contribution in [0.4, 0.5) is 0 Å². The van der Waals surface area contributed by atoms with Gasteiger partial charge in [-0.25, -0.2) is 0 Å². The van der Waals surface area contributed by atoms with Crippen LogP contribution in [0.25, 0.3) is 0 Å². The number of halogens is 1. The summed E-state index contributed by atoms with van der Waals surface area (Å²) in [5.74, 6) is 0.0396. The van der Waals surface area contributed by atoms with Crippen LogP contribution in [0, 0.1) is 0 Å². The summed E-state index contributed by atoms with van der Waals surface area (Å²) in [7, 11) is 2.98. The van der Waals surface area contributed by atoms with E-state index in [2.05, 4.69) is 15.9 Å². The zero-order valence-electron chi connectivity index (χ0n) is 11.0. The summed E-state index contributed by atoms with van der Waals surface area (Å²) in [4.78, 5) is 23.2. The maximum absolute atomic E-state index is 11.9. The fourth-order valence-electron chi connectivity index (χ4n) is 1.52. The molecule has 0 bridgehead atoms. The van der Waals surface area contributed by atoms with E-state index in [0.717, 1.165) is 0 Å². The number of methoxy groups -OCH3 is 2. The summed E-state index contributed by atoms with van der Waals surface area (Å²) in [5.41, 5.74) is 0.359. The van der Waals surface area contributed by atoms with Crippen LogP contribution >= 0.6 is 15.9 Å². The Balaban J connectivity index is 2.98. The Labute approximate surface area is 120 Å². The van der Waals surface area contributed by atoms with Gasteiger partial charge in [0.25, 0.3) is 0 Å². The molecule has 1 rings (SSSR count). The van der Waals surface area contributed by atoms with Crippen molar-refractivity contribution in [2.75, 3.05) is 20.8 Å². The molecule has 0 aliphatic heterocycles. The number of rotatable bonds is 6. The first-order valence-electron chi connectivity index (χ1n) is 5.63. The summed E-state index contributed by atoms with van der Waals surface area (Å²) in [6.07, 6.45) is -0.296. The molecule has 0 saturated heterocycles. The fraction of sp³-hybridized carbons (Fsp3) is 0.385. The van der Waals surface area contributed by atoms with E-state index >= 15 is 0 Å². The van der Waals surface area contributed by atoms with Crippen LogP contribution in [-0.4, -0.2) is 32.6 Å². The van der Waals surface area contributed by atoms with E-state index in [1.807, 2.05) is 0 Å². The molecule has 0 amide bonds. The topological polar surface area (TPSA) is 61.8 Å². The molecule has 0 spiro atoms. The fourth-order valence-corrected chi connectivity index (χ4v) is 2.13. The first-order valence-corrected chi connectivity index (χ1v) is 6.43. The van der Waals surface area contributed by atoms with Gasteiger partial charge < -0.3 is 14.2 Å². The molecule has 0 heterocycles. The maximum Gasteiger partial charge on any atom is 0.313 e. The third kappa shape index (κ3) is 3.96. The zero-order valence-corrected chi connectivity index (χ0v) is 12.6. The SMILES string of the molecule is CCOC(=O)CC(=O)c1cc(Br)c(OC)c(OC)c1. The van der Waals surface area contributed by atoms with Gasteiger partial charge in [-0.15, -0.1) is 0 Å². The molecular weight excluding hydrogens is 316 g/mol. The van der Waals surface area contributed by atoms with E-state index in [4.69, 9.17) is 14.2 Å². The molecule has 0 fully saturated rings. The number of Topliss-reactive ketones (excluding diaryl/α,β-unsaturated/α-hetero) is 1. The Hall–Kier alpha value is -1.56. The smallest absolute Gasteiger partial charge is 0.313 e. The molecule has 1 aromatic rings. The number of esters is 1. The van der Waals surface area contributed by atoms with Crippen LogP contribution in [0.15, 0.2) is 16.6 Å². The van der Waals surface area contributed by atoms with Gasteiger partial charge in [-0.3, -0.25) is 9.59 Å². The van der Waals surface area contributed by atoms with Crippen LogP contribution < -0.4 is 9.47 Å². The summed E-state index contributed by atoms with van der Waals surface area (Å²) in [6.45, 7) is 1.94. The van der Waals surface area contributed by atoms with E-state index in [0.29, 0.717) is 21.5 Å². The van der Waals surface area contributed by atoms with Crippen molar-refractivity contribution in [3.63, 3.8) is 0 Å². The zero-order chi connectivity index (χ0) is 14.4. The van der Waals surface area contributed by atoms with Crippen molar-refractivity contribution in [1.82, 2.24) is 0 Å². The third-order valence-electron chi connectivity index (χ3n) is 2.37. The number of carbonyl (C=O) groups is 2. The molecule has 1 aromatic carbocycles. The van der Waals surface area contributed by atoms with E-state index in [9.17, 15) is 9.59 Å². The first-order chi connectivity index (χ1) is 9.03. The van der Waals surface area contributed by atoms with Gasteiger partial charge in [-0.1, -0.05) is 0 Å². The van der Waals surface area contributed by atoms with Gasteiger partial charge >= 0.3 is 5.97 Å². The van der Waals surface area contributed by atoms with Gasteiger partial charge in [0, 0.05) is 5.56 Å². The largest absolute Gasteiger partial charge is 0.493 e. The quantitative estimate of drug-likeness (QED) is 0.455. The maximum atomic E-state index is 11.9. The molecule has 6 heteroatoms. The van der Waals surface area contributed by atoms with Crippen molar-refractivity contribution < 1.29 is 23.8 Å². The van der Waals surface area contributed by atoms with E-state index in [1.54, 1.807) is 13.0 Å².